The summed E-state index contributed by atoms with van der Waals surface area (Å²) < 4.78 is 1.60. The minimum atomic E-state index is -0.493. The van der Waals surface area contributed by atoms with Crippen LogP contribution in [0.2, 0.25) is 0 Å². The number of aromatic amines is 1. The molecule has 0 aromatic carbocycles. The van der Waals surface area contributed by atoms with E-state index in [1.807, 2.05) is 11.4 Å². The molecule has 0 atom stereocenters. The van der Waals surface area contributed by atoms with E-state index >= 15 is 0 Å². The molecule has 1 amide bonds. The number of carbonyl (C=O) groups is 1. The van der Waals surface area contributed by atoms with Crippen LogP contribution in [0.1, 0.15) is 4.88 Å². The van der Waals surface area contributed by atoms with Gasteiger partial charge in [0, 0.05) is 7.05 Å². The minimum Gasteiger partial charge on any atom is -0.504 e. The maximum Gasteiger partial charge on any atom is 0.279 e. The van der Waals surface area contributed by atoms with Crippen molar-refractivity contribution < 1.29 is 9.90 Å². The number of nitrogens with one attached hydrogen (secondary N) is 2. The molecule has 10 heteroatoms. The number of carbonyl (C=O) groups excluding carboxylic acids is 1. The number of thiophene rings is 1. The van der Waals surface area contributed by atoms with Crippen LogP contribution in [-0.4, -0.2) is 43.0 Å². The summed E-state index contributed by atoms with van der Waals surface area (Å²) in [6.07, 6.45) is 0. The molecule has 2 aromatic rings. The van der Waals surface area contributed by atoms with E-state index in [-0.39, 0.29) is 17.4 Å². The SMILES string of the molecule is CN1Sc2ccsc2C(O)=C1C(=O)Nc1nn[nH]n1. The van der Waals surface area contributed by atoms with Crippen LogP contribution in [0, 0.1) is 0 Å². The number of nitrogens with zero attached hydrogens (tertiary/aromatic N) is 4. The molecule has 0 saturated carbocycles. The van der Waals surface area contributed by atoms with Gasteiger partial charge in [-0.25, -0.2) is 0 Å². The van der Waals surface area contributed by atoms with E-state index in [0.717, 1.165) is 4.90 Å². The standard InChI is InChI=1S/C9H8N6O2S2/c1-15-5(8(17)10-9-11-13-14-12-9)6(16)7-4(19-15)2-3-18-7/h2-3,16H,1H3,(H2,10,11,12,13,14,17). The van der Waals surface area contributed by atoms with Crippen LogP contribution in [0.3, 0.4) is 0 Å². The summed E-state index contributed by atoms with van der Waals surface area (Å²) >= 11 is 2.75. The van der Waals surface area contributed by atoms with Crippen molar-refractivity contribution in [1.29, 1.82) is 0 Å². The Morgan fingerprint density at radius 3 is 3.16 bits per heavy atom. The molecule has 0 spiro atoms. The molecule has 0 unspecified atom stereocenters. The van der Waals surface area contributed by atoms with Crippen molar-refractivity contribution in [2.75, 3.05) is 12.4 Å². The van der Waals surface area contributed by atoms with E-state index in [9.17, 15) is 9.90 Å². The number of aliphatic hydroxyl groups is 1. The molecule has 0 radical (unpaired) electrons. The van der Waals surface area contributed by atoms with Crippen LogP contribution in [-0.2, 0) is 4.79 Å². The van der Waals surface area contributed by atoms with Gasteiger partial charge in [0.1, 0.15) is 0 Å². The van der Waals surface area contributed by atoms with Gasteiger partial charge in [0.2, 0.25) is 0 Å². The van der Waals surface area contributed by atoms with E-state index in [0.29, 0.717) is 4.88 Å². The van der Waals surface area contributed by atoms with Crippen molar-refractivity contribution in [3.05, 3.63) is 22.0 Å². The van der Waals surface area contributed by atoms with Crippen LogP contribution in [0.4, 0.5) is 5.95 Å². The van der Waals surface area contributed by atoms with Crippen molar-refractivity contribution in [3.8, 4) is 0 Å². The molecular weight excluding hydrogens is 288 g/mol. The summed E-state index contributed by atoms with van der Waals surface area (Å²) in [5.41, 5.74) is 0.157. The summed E-state index contributed by atoms with van der Waals surface area (Å²) in [6, 6.07) is 1.89. The molecule has 0 fully saturated rings. The first-order chi connectivity index (χ1) is 9.16. The lowest BCUT2D eigenvalue weighted by Gasteiger charge is -2.25. The molecule has 3 N–H and O–H groups in total. The number of hydrogen-bond donors (Lipinski definition) is 3. The summed E-state index contributed by atoms with van der Waals surface area (Å²) in [5.74, 6) is -0.485. The highest BCUT2D eigenvalue weighted by molar-refractivity contribution is 7.97. The monoisotopic (exact) mass is 296 g/mol. The van der Waals surface area contributed by atoms with Gasteiger partial charge in [0.25, 0.3) is 11.9 Å². The van der Waals surface area contributed by atoms with Crippen LogP contribution < -0.4 is 5.32 Å². The molecule has 2 aromatic heterocycles. The van der Waals surface area contributed by atoms with Gasteiger partial charge in [-0.05, 0) is 28.6 Å². The first-order valence-corrected chi connectivity index (χ1v) is 6.79. The Morgan fingerprint density at radius 2 is 2.42 bits per heavy atom. The molecule has 19 heavy (non-hydrogen) atoms. The molecule has 3 rings (SSSR count). The summed E-state index contributed by atoms with van der Waals surface area (Å²) in [7, 11) is 1.70. The average molecular weight is 296 g/mol. The highest BCUT2D eigenvalue weighted by Crippen LogP contribution is 2.41. The predicted octanol–water partition coefficient (Wildman–Crippen LogP) is 1.08. The smallest absolute Gasteiger partial charge is 0.279 e. The zero-order valence-electron chi connectivity index (χ0n) is 9.62. The van der Waals surface area contributed by atoms with Gasteiger partial charge in [0.05, 0.1) is 9.77 Å². The summed E-state index contributed by atoms with van der Waals surface area (Å²) in [5, 5.41) is 27.3. The number of aliphatic hydroxyl groups excluding tert-OH is 1. The van der Waals surface area contributed by atoms with E-state index < -0.39 is 5.91 Å². The van der Waals surface area contributed by atoms with Gasteiger partial charge < -0.3 is 9.41 Å². The number of H-pyrrole nitrogens is 1. The Balaban J connectivity index is 1.94. The molecule has 1 aliphatic heterocycles. The molecule has 8 nitrogen and oxygen atoms in total. The molecule has 98 valence electrons. The highest BCUT2D eigenvalue weighted by Gasteiger charge is 2.29. The zero-order valence-corrected chi connectivity index (χ0v) is 11.2. The molecule has 1 aliphatic rings. The first kappa shape index (κ1) is 12.0. The van der Waals surface area contributed by atoms with Gasteiger partial charge in [0.15, 0.2) is 11.5 Å². The number of likely N-dealkylation sites (N-methyl/N-ethyl adjacent to an activating group) is 1. The number of rotatable bonds is 2. The Kier molecular flexibility index (Phi) is 2.87. The quantitative estimate of drug-likeness (QED) is 0.712. The number of tetrazole rings is 1. The number of anilines is 1. The molecule has 0 saturated heterocycles. The normalized spacial score (nSPS) is 14.5. The van der Waals surface area contributed by atoms with Crippen LogP contribution in [0.15, 0.2) is 22.0 Å². The number of aromatic nitrogens is 4. The average Bonchev–Trinajstić information content (AvgIpc) is 2.99. The molecule has 0 aliphatic carbocycles. The lowest BCUT2D eigenvalue weighted by molar-refractivity contribution is -0.113. The van der Waals surface area contributed by atoms with Gasteiger partial charge >= 0.3 is 0 Å². The van der Waals surface area contributed by atoms with Crippen molar-refractivity contribution >= 4 is 40.9 Å². The maximum atomic E-state index is 12.1. The van der Waals surface area contributed by atoms with E-state index in [1.165, 1.54) is 23.3 Å². The Hall–Kier alpha value is -2.07. The van der Waals surface area contributed by atoms with Crippen molar-refractivity contribution in [1.82, 2.24) is 24.9 Å². The van der Waals surface area contributed by atoms with Crippen molar-refractivity contribution in [3.63, 3.8) is 0 Å². The second-order valence-corrected chi connectivity index (χ2v) is 5.68. The number of amides is 1. The van der Waals surface area contributed by atoms with Crippen LogP contribution in [0.25, 0.3) is 5.76 Å². The number of fused-ring (bicyclic) bond motifs is 1. The maximum absolute atomic E-state index is 12.1. The highest BCUT2D eigenvalue weighted by atomic mass is 32.2. The van der Waals surface area contributed by atoms with E-state index in [4.69, 9.17) is 0 Å². The Labute approximate surface area is 115 Å². The Bertz CT molecular complexity index is 649. The van der Waals surface area contributed by atoms with E-state index in [2.05, 4.69) is 25.9 Å². The van der Waals surface area contributed by atoms with E-state index in [1.54, 1.807) is 11.4 Å². The predicted molar refractivity (Wildman–Crippen MR) is 70.3 cm³/mol. The molecular formula is C9H8N6O2S2. The number of hydrogen-bond acceptors (Lipinski definition) is 8. The topological polar surface area (TPSA) is 107 Å². The fraction of sp³-hybridized carbons (Fsp3) is 0.111. The minimum absolute atomic E-state index is 0.0488. The lowest BCUT2D eigenvalue weighted by Crippen LogP contribution is -2.27. The van der Waals surface area contributed by atoms with Crippen molar-refractivity contribution in [2.24, 2.45) is 0 Å². The van der Waals surface area contributed by atoms with Gasteiger partial charge in [-0.2, -0.15) is 5.21 Å². The lowest BCUT2D eigenvalue weighted by atomic mass is 10.3. The molecule has 3 heterocycles. The largest absolute Gasteiger partial charge is 0.504 e. The van der Waals surface area contributed by atoms with Gasteiger partial charge in [-0.15, -0.1) is 16.4 Å². The first-order valence-electron chi connectivity index (χ1n) is 5.14. The molecule has 0 bridgehead atoms. The third-order valence-electron chi connectivity index (χ3n) is 2.40. The van der Waals surface area contributed by atoms with Crippen LogP contribution in [0.5, 0.6) is 0 Å². The summed E-state index contributed by atoms with van der Waals surface area (Å²) in [4.78, 5) is 13.7. The second kappa shape index (κ2) is 4.55. The fourth-order valence-electron chi connectivity index (χ4n) is 1.62. The third kappa shape index (κ3) is 2.04. The fourth-order valence-corrected chi connectivity index (χ4v) is 3.56. The third-order valence-corrected chi connectivity index (χ3v) is 4.45. The van der Waals surface area contributed by atoms with Gasteiger partial charge in [-0.3, -0.25) is 10.1 Å². The van der Waals surface area contributed by atoms with Gasteiger partial charge in [-0.1, -0.05) is 5.10 Å². The van der Waals surface area contributed by atoms with Crippen molar-refractivity contribution in [2.45, 2.75) is 4.90 Å². The summed E-state index contributed by atoms with van der Waals surface area (Å²) in [6.45, 7) is 0. The second-order valence-electron chi connectivity index (χ2n) is 3.59. The zero-order chi connectivity index (χ0) is 13.4. The Morgan fingerprint density at radius 1 is 1.58 bits per heavy atom. The van der Waals surface area contributed by atoms with Crippen LogP contribution >= 0.6 is 23.3 Å².